The Balaban J connectivity index is 1.94. The van der Waals surface area contributed by atoms with Crippen molar-refractivity contribution in [1.29, 1.82) is 0 Å². The summed E-state index contributed by atoms with van der Waals surface area (Å²) in [6.45, 7) is 2.38. The van der Waals surface area contributed by atoms with Crippen LogP contribution in [0.25, 0.3) is 0 Å². The van der Waals surface area contributed by atoms with E-state index in [0.29, 0.717) is 23.1 Å². The van der Waals surface area contributed by atoms with Gasteiger partial charge >= 0.3 is 0 Å². The van der Waals surface area contributed by atoms with Crippen molar-refractivity contribution in [3.8, 4) is 5.75 Å². The maximum absolute atomic E-state index is 12.1. The highest BCUT2D eigenvalue weighted by atomic mass is 35.5. The highest BCUT2D eigenvalue weighted by molar-refractivity contribution is 6.32. The van der Waals surface area contributed by atoms with E-state index in [0.717, 1.165) is 5.69 Å². The fourth-order valence-corrected chi connectivity index (χ4v) is 2.04. The van der Waals surface area contributed by atoms with Gasteiger partial charge in [0.25, 0.3) is 5.91 Å². The molecule has 1 atom stereocenters. The van der Waals surface area contributed by atoms with Crippen LogP contribution in [0.15, 0.2) is 30.3 Å². The van der Waals surface area contributed by atoms with Crippen LogP contribution in [0.2, 0.25) is 5.02 Å². The number of rotatable bonds is 6. The van der Waals surface area contributed by atoms with Crippen LogP contribution in [0.1, 0.15) is 12.6 Å². The minimum Gasteiger partial charge on any atom is -0.479 e. The Morgan fingerprint density at radius 2 is 2.18 bits per heavy atom. The number of carbonyl (C=O) groups excluding carboxylic acids is 1. The molecule has 1 amide bonds. The molecule has 2 aromatic rings. The largest absolute Gasteiger partial charge is 0.479 e. The highest BCUT2D eigenvalue weighted by Gasteiger charge is 2.17. The van der Waals surface area contributed by atoms with Crippen molar-refractivity contribution >= 4 is 23.3 Å². The quantitative estimate of drug-likeness (QED) is 0.857. The molecule has 0 fully saturated rings. The average Bonchev–Trinajstić information content (AvgIpc) is 2.87. The van der Waals surface area contributed by atoms with Crippen molar-refractivity contribution in [3.05, 3.63) is 41.0 Å². The van der Waals surface area contributed by atoms with Gasteiger partial charge in [-0.15, -0.1) is 0 Å². The lowest BCUT2D eigenvalue weighted by Gasteiger charge is -2.14. The molecule has 118 valence electrons. The molecule has 2 rings (SSSR count). The molecule has 0 aliphatic rings. The van der Waals surface area contributed by atoms with Crippen LogP contribution in [0.3, 0.4) is 0 Å². The van der Waals surface area contributed by atoms with E-state index in [1.165, 1.54) is 0 Å². The van der Waals surface area contributed by atoms with Crippen LogP contribution in [0, 0.1) is 0 Å². The molecular weight excluding hydrogens is 304 g/mol. The first-order valence-electron chi connectivity index (χ1n) is 6.87. The molecule has 1 heterocycles. The Labute approximate surface area is 134 Å². The summed E-state index contributed by atoms with van der Waals surface area (Å²) < 4.78 is 5.56. The van der Waals surface area contributed by atoms with Crippen molar-refractivity contribution in [2.75, 3.05) is 19.4 Å². The van der Waals surface area contributed by atoms with Gasteiger partial charge in [0.05, 0.1) is 10.7 Å². The van der Waals surface area contributed by atoms with Gasteiger partial charge in [-0.05, 0) is 33.2 Å². The molecule has 1 unspecified atom stereocenters. The smallest absolute Gasteiger partial charge is 0.266 e. The van der Waals surface area contributed by atoms with Crippen LogP contribution in [-0.4, -0.2) is 41.2 Å². The van der Waals surface area contributed by atoms with Gasteiger partial charge in [0.2, 0.25) is 0 Å². The molecule has 0 saturated heterocycles. The average molecular weight is 323 g/mol. The zero-order chi connectivity index (χ0) is 16.1. The second-order valence-corrected chi connectivity index (χ2v) is 5.60. The number of nitrogens with zero attached hydrogens (tertiary/aromatic N) is 2. The lowest BCUT2D eigenvalue weighted by Crippen LogP contribution is -2.30. The number of hydrogen-bond acceptors (Lipinski definition) is 4. The fourth-order valence-electron chi connectivity index (χ4n) is 1.86. The normalized spacial score (nSPS) is 12.2. The molecule has 0 bridgehead atoms. The zero-order valence-electron chi connectivity index (χ0n) is 12.8. The van der Waals surface area contributed by atoms with Crippen LogP contribution in [0.5, 0.6) is 5.75 Å². The van der Waals surface area contributed by atoms with E-state index in [1.807, 2.05) is 19.0 Å². The Morgan fingerprint density at radius 1 is 1.45 bits per heavy atom. The zero-order valence-corrected chi connectivity index (χ0v) is 13.5. The summed E-state index contributed by atoms with van der Waals surface area (Å²) >= 11 is 6.01. The lowest BCUT2D eigenvalue weighted by molar-refractivity contribution is -0.122. The van der Waals surface area contributed by atoms with Crippen molar-refractivity contribution < 1.29 is 9.53 Å². The number of carbonyl (C=O) groups is 1. The molecule has 1 aromatic carbocycles. The fraction of sp³-hybridized carbons (Fsp3) is 0.333. The van der Waals surface area contributed by atoms with Crippen LogP contribution >= 0.6 is 11.6 Å². The van der Waals surface area contributed by atoms with E-state index in [4.69, 9.17) is 16.3 Å². The maximum atomic E-state index is 12.1. The minimum atomic E-state index is -0.686. The summed E-state index contributed by atoms with van der Waals surface area (Å²) in [4.78, 5) is 14.1. The van der Waals surface area contributed by atoms with Crippen molar-refractivity contribution in [3.63, 3.8) is 0 Å². The van der Waals surface area contributed by atoms with Crippen LogP contribution in [-0.2, 0) is 11.3 Å². The van der Waals surface area contributed by atoms with Crippen molar-refractivity contribution in [1.82, 2.24) is 15.1 Å². The first-order chi connectivity index (χ1) is 10.5. The predicted molar refractivity (Wildman–Crippen MR) is 86.2 cm³/mol. The van der Waals surface area contributed by atoms with Gasteiger partial charge in [-0.1, -0.05) is 23.7 Å². The molecule has 0 spiro atoms. The van der Waals surface area contributed by atoms with Gasteiger partial charge in [0.1, 0.15) is 5.75 Å². The summed E-state index contributed by atoms with van der Waals surface area (Å²) in [6.07, 6.45) is -0.686. The molecule has 22 heavy (non-hydrogen) atoms. The monoisotopic (exact) mass is 322 g/mol. The van der Waals surface area contributed by atoms with E-state index in [2.05, 4.69) is 15.5 Å². The van der Waals surface area contributed by atoms with Gasteiger partial charge in [-0.3, -0.25) is 9.89 Å². The third kappa shape index (κ3) is 4.47. The number of anilines is 1. The summed E-state index contributed by atoms with van der Waals surface area (Å²) in [5, 5.41) is 10.1. The second kappa shape index (κ2) is 7.29. The number of aromatic amines is 1. The number of nitrogens with one attached hydrogen (secondary N) is 2. The molecule has 0 aliphatic heterocycles. The highest BCUT2D eigenvalue weighted by Crippen LogP contribution is 2.24. The van der Waals surface area contributed by atoms with E-state index in [1.54, 1.807) is 37.3 Å². The number of para-hydroxylation sites is 1. The molecule has 0 saturated carbocycles. The predicted octanol–water partition coefficient (Wildman–Crippen LogP) is 2.53. The van der Waals surface area contributed by atoms with Gasteiger partial charge in [0.15, 0.2) is 11.9 Å². The number of ether oxygens (including phenoxy) is 1. The SMILES string of the molecule is CC(Oc1ccccc1Cl)C(=O)Nc1cc(CN(C)C)[nH]n1. The molecule has 7 heteroatoms. The Bertz CT molecular complexity index is 642. The Hall–Kier alpha value is -2.05. The van der Waals surface area contributed by atoms with Gasteiger partial charge in [-0.25, -0.2) is 0 Å². The van der Waals surface area contributed by atoms with E-state index in [9.17, 15) is 4.79 Å². The number of halogens is 1. The van der Waals surface area contributed by atoms with E-state index in [-0.39, 0.29) is 5.91 Å². The Kier molecular flexibility index (Phi) is 5.41. The standard InChI is InChI=1S/C15H19ClN4O2/c1-10(22-13-7-5-4-6-12(13)16)15(21)17-14-8-11(18-19-14)9-20(2)3/h4-8,10H,9H2,1-3H3,(H2,17,18,19,21). The maximum Gasteiger partial charge on any atom is 0.266 e. The lowest BCUT2D eigenvalue weighted by atomic mass is 10.3. The van der Waals surface area contributed by atoms with Crippen LogP contribution < -0.4 is 10.1 Å². The first kappa shape index (κ1) is 16.3. The number of hydrogen-bond donors (Lipinski definition) is 2. The topological polar surface area (TPSA) is 70.2 Å². The molecule has 6 nitrogen and oxygen atoms in total. The van der Waals surface area contributed by atoms with E-state index >= 15 is 0 Å². The Morgan fingerprint density at radius 3 is 2.86 bits per heavy atom. The second-order valence-electron chi connectivity index (χ2n) is 5.20. The third-order valence-electron chi connectivity index (χ3n) is 2.88. The molecule has 0 radical (unpaired) electrons. The summed E-state index contributed by atoms with van der Waals surface area (Å²) in [5.74, 6) is 0.654. The summed E-state index contributed by atoms with van der Waals surface area (Å²) in [6, 6.07) is 8.82. The van der Waals surface area contributed by atoms with Crippen molar-refractivity contribution in [2.45, 2.75) is 19.6 Å². The first-order valence-corrected chi connectivity index (χ1v) is 7.24. The summed E-state index contributed by atoms with van der Waals surface area (Å²) in [7, 11) is 3.91. The number of aromatic nitrogens is 2. The van der Waals surface area contributed by atoms with Gasteiger partial charge in [0, 0.05) is 12.6 Å². The third-order valence-corrected chi connectivity index (χ3v) is 3.19. The van der Waals surface area contributed by atoms with Crippen molar-refractivity contribution in [2.24, 2.45) is 0 Å². The molecular formula is C15H19ClN4O2. The minimum absolute atomic E-state index is 0.289. The van der Waals surface area contributed by atoms with Gasteiger partial charge < -0.3 is 15.0 Å². The van der Waals surface area contributed by atoms with E-state index < -0.39 is 6.10 Å². The molecule has 2 N–H and O–H groups in total. The molecule has 0 aliphatic carbocycles. The summed E-state index contributed by atoms with van der Waals surface area (Å²) in [5.41, 5.74) is 0.917. The van der Waals surface area contributed by atoms with Gasteiger partial charge in [-0.2, -0.15) is 5.10 Å². The molecule has 1 aromatic heterocycles. The number of benzene rings is 1. The van der Waals surface area contributed by atoms with Crippen LogP contribution in [0.4, 0.5) is 5.82 Å². The number of H-pyrrole nitrogens is 1. The number of amides is 1.